The van der Waals surface area contributed by atoms with Crippen LogP contribution in [-0.2, 0) is 0 Å². The van der Waals surface area contributed by atoms with Crippen LogP contribution in [0.4, 0.5) is 5.69 Å². The average Bonchev–Trinajstić information content (AvgIpc) is 2.33. The van der Waals surface area contributed by atoms with E-state index < -0.39 is 0 Å². The van der Waals surface area contributed by atoms with Crippen LogP contribution in [0.15, 0.2) is 42.7 Å². The van der Waals surface area contributed by atoms with Crippen LogP contribution in [0.25, 0.3) is 0 Å². The second-order valence-corrected chi connectivity index (χ2v) is 3.12. The Bertz CT molecular complexity index is 532. The summed E-state index contributed by atoms with van der Waals surface area (Å²) < 4.78 is 5.51. The maximum absolute atomic E-state index is 8.81. The number of nitriles is 1. The van der Waals surface area contributed by atoms with Gasteiger partial charge in [-0.05, 0) is 24.3 Å². The Morgan fingerprint density at radius 2 is 2.12 bits per heavy atom. The van der Waals surface area contributed by atoms with E-state index in [9.17, 15) is 0 Å². The highest BCUT2D eigenvalue weighted by Gasteiger charge is 2.06. The molecule has 0 radical (unpaired) electrons. The van der Waals surface area contributed by atoms with Crippen molar-refractivity contribution in [2.75, 3.05) is 5.73 Å². The maximum Gasteiger partial charge on any atom is 0.151 e. The SMILES string of the molecule is N#Cc1cccc(Oc2cccnc2)c1N. The zero-order valence-electron chi connectivity index (χ0n) is 8.42. The van der Waals surface area contributed by atoms with Gasteiger partial charge in [-0.1, -0.05) is 6.07 Å². The summed E-state index contributed by atoms with van der Waals surface area (Å²) in [5, 5.41) is 8.81. The molecule has 0 spiro atoms. The minimum absolute atomic E-state index is 0.342. The van der Waals surface area contributed by atoms with E-state index in [2.05, 4.69) is 4.98 Å². The first kappa shape index (κ1) is 9.99. The molecular formula is C12H9N3O. The van der Waals surface area contributed by atoms with E-state index in [4.69, 9.17) is 15.7 Å². The fourth-order valence-electron chi connectivity index (χ4n) is 1.26. The largest absolute Gasteiger partial charge is 0.454 e. The molecule has 4 nitrogen and oxygen atoms in total. The summed E-state index contributed by atoms with van der Waals surface area (Å²) >= 11 is 0. The van der Waals surface area contributed by atoms with Gasteiger partial charge in [0.15, 0.2) is 5.75 Å². The van der Waals surface area contributed by atoms with Crippen LogP contribution in [0.3, 0.4) is 0 Å². The normalized spacial score (nSPS) is 9.44. The summed E-state index contributed by atoms with van der Waals surface area (Å²) in [6, 6.07) is 10.6. The van der Waals surface area contributed by atoms with E-state index >= 15 is 0 Å². The van der Waals surface area contributed by atoms with Crippen molar-refractivity contribution in [3.05, 3.63) is 48.3 Å². The van der Waals surface area contributed by atoms with Crippen molar-refractivity contribution in [3.63, 3.8) is 0 Å². The lowest BCUT2D eigenvalue weighted by Crippen LogP contribution is -1.95. The van der Waals surface area contributed by atoms with Gasteiger partial charge < -0.3 is 10.5 Å². The first-order valence-corrected chi connectivity index (χ1v) is 4.67. The van der Waals surface area contributed by atoms with Gasteiger partial charge in [0.1, 0.15) is 11.8 Å². The molecule has 1 aromatic heterocycles. The molecular weight excluding hydrogens is 202 g/mol. The van der Waals surface area contributed by atoms with Gasteiger partial charge in [0.25, 0.3) is 0 Å². The molecule has 0 bridgehead atoms. The van der Waals surface area contributed by atoms with Crippen molar-refractivity contribution in [2.45, 2.75) is 0 Å². The van der Waals surface area contributed by atoms with Gasteiger partial charge in [-0.2, -0.15) is 5.26 Å². The van der Waals surface area contributed by atoms with Crippen LogP contribution in [-0.4, -0.2) is 4.98 Å². The number of ether oxygens (including phenoxy) is 1. The number of nitrogens with two attached hydrogens (primary N) is 1. The molecule has 0 amide bonds. The molecule has 2 rings (SSSR count). The van der Waals surface area contributed by atoms with Crippen LogP contribution in [0.5, 0.6) is 11.5 Å². The van der Waals surface area contributed by atoms with Crippen LogP contribution in [0.2, 0.25) is 0 Å². The molecule has 0 aliphatic rings. The molecule has 0 unspecified atom stereocenters. The molecule has 0 saturated carbocycles. The van der Waals surface area contributed by atoms with Crippen molar-refractivity contribution in [3.8, 4) is 17.6 Å². The fraction of sp³-hybridized carbons (Fsp3) is 0. The topological polar surface area (TPSA) is 71.9 Å². The van der Waals surface area contributed by atoms with Crippen molar-refractivity contribution >= 4 is 5.69 Å². The highest BCUT2D eigenvalue weighted by Crippen LogP contribution is 2.28. The second kappa shape index (κ2) is 4.32. The maximum atomic E-state index is 8.81. The molecule has 1 heterocycles. The van der Waals surface area contributed by atoms with Crippen LogP contribution >= 0.6 is 0 Å². The minimum atomic E-state index is 0.342. The van der Waals surface area contributed by atoms with E-state index in [0.29, 0.717) is 22.7 Å². The number of pyridine rings is 1. The lowest BCUT2D eigenvalue weighted by atomic mass is 10.2. The van der Waals surface area contributed by atoms with E-state index in [1.165, 1.54) is 0 Å². The predicted octanol–water partition coefficient (Wildman–Crippen LogP) is 2.33. The predicted molar refractivity (Wildman–Crippen MR) is 59.9 cm³/mol. The van der Waals surface area contributed by atoms with Crippen molar-refractivity contribution in [2.24, 2.45) is 0 Å². The van der Waals surface area contributed by atoms with Crippen LogP contribution in [0.1, 0.15) is 5.56 Å². The van der Waals surface area contributed by atoms with E-state index in [1.807, 2.05) is 6.07 Å². The van der Waals surface area contributed by atoms with Gasteiger partial charge in [0.05, 0.1) is 17.4 Å². The first-order valence-electron chi connectivity index (χ1n) is 4.67. The number of hydrogen-bond acceptors (Lipinski definition) is 4. The number of para-hydroxylation sites is 1. The van der Waals surface area contributed by atoms with Crippen molar-refractivity contribution in [1.82, 2.24) is 4.98 Å². The van der Waals surface area contributed by atoms with Gasteiger partial charge in [0, 0.05) is 6.20 Å². The van der Waals surface area contributed by atoms with Gasteiger partial charge in [-0.25, -0.2) is 0 Å². The first-order chi connectivity index (χ1) is 7.81. The van der Waals surface area contributed by atoms with Gasteiger partial charge >= 0.3 is 0 Å². The zero-order chi connectivity index (χ0) is 11.4. The Morgan fingerprint density at radius 1 is 1.25 bits per heavy atom. The molecule has 0 atom stereocenters. The molecule has 2 N–H and O–H groups in total. The number of anilines is 1. The van der Waals surface area contributed by atoms with Gasteiger partial charge in [0.2, 0.25) is 0 Å². The third kappa shape index (κ3) is 1.93. The summed E-state index contributed by atoms with van der Waals surface area (Å²) in [6.45, 7) is 0. The highest BCUT2D eigenvalue weighted by atomic mass is 16.5. The second-order valence-electron chi connectivity index (χ2n) is 3.12. The minimum Gasteiger partial charge on any atom is -0.454 e. The third-order valence-electron chi connectivity index (χ3n) is 2.05. The van der Waals surface area contributed by atoms with Crippen molar-refractivity contribution in [1.29, 1.82) is 5.26 Å². The monoisotopic (exact) mass is 211 g/mol. The lowest BCUT2D eigenvalue weighted by molar-refractivity contribution is 0.482. The fourth-order valence-corrected chi connectivity index (χ4v) is 1.26. The Balaban J connectivity index is 2.33. The standard InChI is InChI=1S/C12H9N3O/c13-7-9-3-1-5-11(12(9)14)16-10-4-2-6-15-8-10/h1-6,8H,14H2. The van der Waals surface area contributed by atoms with Crippen LogP contribution < -0.4 is 10.5 Å². The number of aromatic nitrogens is 1. The Morgan fingerprint density at radius 3 is 2.81 bits per heavy atom. The van der Waals surface area contributed by atoms with E-state index in [0.717, 1.165) is 0 Å². The molecule has 78 valence electrons. The third-order valence-corrected chi connectivity index (χ3v) is 2.05. The smallest absolute Gasteiger partial charge is 0.151 e. The van der Waals surface area contributed by atoms with E-state index in [-0.39, 0.29) is 0 Å². The number of nitrogens with zero attached hydrogens (tertiary/aromatic N) is 2. The molecule has 1 aromatic carbocycles. The Kier molecular flexibility index (Phi) is 2.70. The molecule has 0 saturated heterocycles. The number of rotatable bonds is 2. The molecule has 0 aliphatic carbocycles. The van der Waals surface area contributed by atoms with E-state index in [1.54, 1.807) is 42.7 Å². The van der Waals surface area contributed by atoms with Gasteiger partial charge in [-0.15, -0.1) is 0 Å². The van der Waals surface area contributed by atoms with Crippen LogP contribution in [0, 0.1) is 11.3 Å². The summed E-state index contributed by atoms with van der Waals surface area (Å²) in [7, 11) is 0. The molecule has 0 fully saturated rings. The summed E-state index contributed by atoms with van der Waals surface area (Å²) in [6.07, 6.45) is 3.24. The zero-order valence-corrected chi connectivity index (χ0v) is 8.42. The van der Waals surface area contributed by atoms with Crippen molar-refractivity contribution < 1.29 is 4.74 Å². The summed E-state index contributed by atoms with van der Waals surface area (Å²) in [5.74, 6) is 1.05. The number of hydrogen-bond donors (Lipinski definition) is 1. The molecule has 2 aromatic rings. The molecule has 16 heavy (non-hydrogen) atoms. The highest BCUT2D eigenvalue weighted by molar-refractivity contribution is 5.63. The Hall–Kier alpha value is -2.54. The number of benzene rings is 1. The lowest BCUT2D eigenvalue weighted by Gasteiger charge is -2.08. The summed E-state index contributed by atoms with van der Waals surface area (Å²) in [5.41, 5.74) is 6.52. The Labute approximate surface area is 92.9 Å². The molecule has 0 aliphatic heterocycles. The number of nitrogen functional groups attached to an aromatic ring is 1. The molecule has 4 heteroatoms. The average molecular weight is 211 g/mol. The van der Waals surface area contributed by atoms with Gasteiger partial charge in [-0.3, -0.25) is 4.98 Å². The summed E-state index contributed by atoms with van der Waals surface area (Å²) in [4.78, 5) is 3.92. The quantitative estimate of drug-likeness (QED) is 0.774.